The molecule has 0 heterocycles. The van der Waals surface area contributed by atoms with Gasteiger partial charge in [0.25, 0.3) is 0 Å². The Balaban J connectivity index is 2.64. The van der Waals surface area contributed by atoms with Gasteiger partial charge in [0.15, 0.2) is 0 Å². The molecule has 1 rings (SSSR count). The number of nitrogens with one attached hydrogen (secondary N) is 1. The number of carbonyl (C=O) groups is 1. The predicted molar refractivity (Wildman–Crippen MR) is 88.1 cm³/mol. The summed E-state index contributed by atoms with van der Waals surface area (Å²) in [6, 6.07) is 5.88. The van der Waals surface area contributed by atoms with Gasteiger partial charge < -0.3 is 16.0 Å². The second kappa shape index (κ2) is 7.85. The molecule has 0 saturated heterocycles. The van der Waals surface area contributed by atoms with Gasteiger partial charge in [0.1, 0.15) is 4.99 Å². The van der Waals surface area contributed by atoms with Gasteiger partial charge in [-0.15, -0.1) is 0 Å². The Bertz CT molecular complexity index is 484. The Hall–Kier alpha value is -1.62. The number of rotatable bonds is 7. The summed E-state index contributed by atoms with van der Waals surface area (Å²) in [5, 5.41) is 3.25. The number of carbonyl (C=O) groups excluding carboxylic acids is 1. The van der Waals surface area contributed by atoms with Gasteiger partial charge in [-0.1, -0.05) is 18.3 Å². The average molecular weight is 293 g/mol. The second-order valence-electron chi connectivity index (χ2n) is 4.66. The van der Waals surface area contributed by atoms with Gasteiger partial charge in [0.2, 0.25) is 5.91 Å². The van der Waals surface area contributed by atoms with Crippen LogP contribution in [-0.4, -0.2) is 35.4 Å². The maximum absolute atomic E-state index is 11.9. The number of nitrogens with two attached hydrogens (primary N) is 1. The molecule has 0 radical (unpaired) electrons. The van der Waals surface area contributed by atoms with Crippen molar-refractivity contribution in [3.05, 3.63) is 29.3 Å². The summed E-state index contributed by atoms with van der Waals surface area (Å²) in [6.07, 6.45) is 0.465. The first-order valence-corrected chi connectivity index (χ1v) is 7.32. The number of anilines is 1. The number of aryl methyl sites for hydroxylation is 1. The Morgan fingerprint density at radius 2 is 2.00 bits per heavy atom. The Morgan fingerprint density at radius 3 is 2.55 bits per heavy atom. The van der Waals surface area contributed by atoms with Crippen molar-refractivity contribution in [3.63, 3.8) is 0 Å². The van der Waals surface area contributed by atoms with Gasteiger partial charge in [0.05, 0.1) is 0 Å². The number of thiocarbonyl (C=S) groups is 1. The first-order chi connectivity index (χ1) is 9.49. The zero-order valence-electron chi connectivity index (χ0n) is 12.4. The zero-order chi connectivity index (χ0) is 15.1. The molecule has 0 atom stereocenters. The van der Waals surface area contributed by atoms with Crippen LogP contribution < -0.4 is 11.1 Å². The summed E-state index contributed by atoms with van der Waals surface area (Å²) in [4.78, 5) is 14.1. The molecule has 4 nitrogen and oxygen atoms in total. The predicted octanol–water partition coefficient (Wildman–Crippen LogP) is 2.30. The lowest BCUT2D eigenvalue weighted by molar-refractivity contribution is -0.130. The maximum atomic E-state index is 11.9. The molecule has 110 valence electrons. The highest BCUT2D eigenvalue weighted by molar-refractivity contribution is 7.80. The van der Waals surface area contributed by atoms with Gasteiger partial charge in [-0.05, 0) is 38.5 Å². The minimum atomic E-state index is 0.159. The summed E-state index contributed by atoms with van der Waals surface area (Å²) < 4.78 is 0. The molecule has 0 bridgehead atoms. The molecule has 0 aliphatic carbocycles. The summed E-state index contributed by atoms with van der Waals surface area (Å²) >= 11 is 5.04. The van der Waals surface area contributed by atoms with Crippen LogP contribution in [-0.2, 0) is 4.79 Å². The molecule has 1 aromatic carbocycles. The van der Waals surface area contributed by atoms with Crippen molar-refractivity contribution >= 4 is 28.8 Å². The van der Waals surface area contributed by atoms with Gasteiger partial charge in [-0.2, -0.15) is 0 Å². The fourth-order valence-corrected chi connectivity index (χ4v) is 2.24. The number of amides is 1. The van der Waals surface area contributed by atoms with E-state index >= 15 is 0 Å². The molecule has 0 aliphatic rings. The van der Waals surface area contributed by atoms with E-state index in [2.05, 4.69) is 5.32 Å². The van der Waals surface area contributed by atoms with E-state index in [0.717, 1.165) is 29.9 Å². The quantitative estimate of drug-likeness (QED) is 0.757. The summed E-state index contributed by atoms with van der Waals surface area (Å²) in [6.45, 7) is 8.06. The Morgan fingerprint density at radius 1 is 1.35 bits per heavy atom. The standard InChI is InChI=1S/C15H23N3OS/c1-4-18(5-2)14(19)8-9-17-13-10-11(3)6-7-12(13)15(16)20/h6-7,10,17H,4-5,8-9H2,1-3H3,(H2,16,20). The number of hydrogen-bond donors (Lipinski definition) is 2. The van der Waals surface area contributed by atoms with Crippen molar-refractivity contribution in [1.29, 1.82) is 0 Å². The molecule has 1 aromatic rings. The van der Waals surface area contributed by atoms with Crippen LogP contribution in [0.3, 0.4) is 0 Å². The van der Waals surface area contributed by atoms with E-state index in [1.165, 1.54) is 0 Å². The minimum Gasteiger partial charge on any atom is -0.389 e. The molecule has 0 saturated carbocycles. The van der Waals surface area contributed by atoms with Crippen LogP contribution in [0.4, 0.5) is 5.69 Å². The smallest absolute Gasteiger partial charge is 0.224 e. The first kappa shape index (κ1) is 16.4. The number of hydrogen-bond acceptors (Lipinski definition) is 3. The highest BCUT2D eigenvalue weighted by Gasteiger charge is 2.10. The molecular formula is C15H23N3OS. The Kier molecular flexibility index (Phi) is 6.45. The van der Waals surface area contributed by atoms with Crippen LogP contribution in [0.1, 0.15) is 31.4 Å². The van der Waals surface area contributed by atoms with Crippen LogP contribution >= 0.6 is 12.2 Å². The van der Waals surface area contributed by atoms with E-state index in [4.69, 9.17) is 18.0 Å². The Labute approximate surface area is 126 Å². The molecule has 0 unspecified atom stereocenters. The van der Waals surface area contributed by atoms with Gasteiger partial charge in [-0.3, -0.25) is 4.79 Å². The summed E-state index contributed by atoms with van der Waals surface area (Å²) in [5.74, 6) is 0.159. The lowest BCUT2D eigenvalue weighted by Gasteiger charge is -2.19. The van der Waals surface area contributed by atoms with Crippen molar-refractivity contribution < 1.29 is 4.79 Å². The van der Waals surface area contributed by atoms with Gasteiger partial charge in [0, 0.05) is 37.3 Å². The van der Waals surface area contributed by atoms with E-state index in [9.17, 15) is 4.79 Å². The van der Waals surface area contributed by atoms with Crippen molar-refractivity contribution in [2.24, 2.45) is 5.73 Å². The number of nitrogens with zero attached hydrogens (tertiary/aromatic N) is 1. The lowest BCUT2D eigenvalue weighted by atomic mass is 10.1. The molecule has 0 spiro atoms. The van der Waals surface area contributed by atoms with E-state index in [1.54, 1.807) is 0 Å². The monoisotopic (exact) mass is 293 g/mol. The topological polar surface area (TPSA) is 58.4 Å². The average Bonchev–Trinajstić information content (AvgIpc) is 2.39. The molecule has 0 aromatic heterocycles. The van der Waals surface area contributed by atoms with Crippen molar-refractivity contribution in [3.8, 4) is 0 Å². The molecule has 0 aliphatic heterocycles. The summed E-state index contributed by atoms with van der Waals surface area (Å²) in [7, 11) is 0. The van der Waals surface area contributed by atoms with E-state index < -0.39 is 0 Å². The molecule has 1 amide bonds. The third-order valence-electron chi connectivity index (χ3n) is 3.21. The highest BCUT2D eigenvalue weighted by Crippen LogP contribution is 2.17. The highest BCUT2D eigenvalue weighted by atomic mass is 32.1. The second-order valence-corrected chi connectivity index (χ2v) is 5.10. The van der Waals surface area contributed by atoms with Crippen LogP contribution in [0.25, 0.3) is 0 Å². The largest absolute Gasteiger partial charge is 0.389 e. The van der Waals surface area contributed by atoms with Crippen LogP contribution in [0.15, 0.2) is 18.2 Å². The molecule has 5 heteroatoms. The lowest BCUT2D eigenvalue weighted by Crippen LogP contribution is -2.31. The van der Waals surface area contributed by atoms with E-state index in [1.807, 2.05) is 43.9 Å². The fourth-order valence-electron chi connectivity index (χ4n) is 2.06. The van der Waals surface area contributed by atoms with Crippen molar-refractivity contribution in [2.75, 3.05) is 25.0 Å². The molecule has 20 heavy (non-hydrogen) atoms. The zero-order valence-corrected chi connectivity index (χ0v) is 13.2. The minimum absolute atomic E-state index is 0.159. The molecule has 0 fully saturated rings. The summed E-state index contributed by atoms with van der Waals surface area (Å²) in [5.41, 5.74) is 8.54. The maximum Gasteiger partial charge on any atom is 0.224 e. The molecule has 3 N–H and O–H groups in total. The van der Waals surface area contributed by atoms with Gasteiger partial charge >= 0.3 is 0 Å². The van der Waals surface area contributed by atoms with Crippen LogP contribution in [0.5, 0.6) is 0 Å². The number of benzene rings is 1. The van der Waals surface area contributed by atoms with Crippen molar-refractivity contribution in [2.45, 2.75) is 27.2 Å². The van der Waals surface area contributed by atoms with Gasteiger partial charge in [-0.25, -0.2) is 0 Å². The third kappa shape index (κ3) is 4.49. The van der Waals surface area contributed by atoms with E-state index in [-0.39, 0.29) is 5.91 Å². The fraction of sp³-hybridized carbons (Fsp3) is 0.467. The van der Waals surface area contributed by atoms with Crippen LogP contribution in [0, 0.1) is 6.92 Å². The van der Waals surface area contributed by atoms with Crippen molar-refractivity contribution in [1.82, 2.24) is 4.90 Å². The SMILES string of the molecule is CCN(CC)C(=O)CCNc1cc(C)ccc1C(N)=S. The normalized spacial score (nSPS) is 10.2. The third-order valence-corrected chi connectivity index (χ3v) is 3.43. The molecular weight excluding hydrogens is 270 g/mol. The first-order valence-electron chi connectivity index (χ1n) is 6.91. The van der Waals surface area contributed by atoms with Crippen LogP contribution in [0.2, 0.25) is 0 Å². The van der Waals surface area contributed by atoms with E-state index in [0.29, 0.717) is 18.0 Å².